The van der Waals surface area contributed by atoms with Crippen LogP contribution in [0.5, 0.6) is 5.75 Å². The smallest absolute Gasteiger partial charge is 0.225 e. The van der Waals surface area contributed by atoms with Gasteiger partial charge in [0.05, 0.1) is 29.7 Å². The molecule has 38 heavy (non-hydrogen) atoms. The molecule has 0 saturated carbocycles. The van der Waals surface area contributed by atoms with Crippen LogP contribution in [-0.4, -0.2) is 60.3 Å². The average Bonchev–Trinajstić information content (AvgIpc) is 3.27. The molecule has 2 heterocycles. The van der Waals surface area contributed by atoms with E-state index in [1.54, 1.807) is 7.11 Å². The molecule has 1 saturated heterocycles. The lowest BCUT2D eigenvalue weighted by Gasteiger charge is -2.36. The molecular weight excluding hydrogens is 507 g/mol. The van der Waals surface area contributed by atoms with E-state index in [0.717, 1.165) is 16.8 Å². The van der Waals surface area contributed by atoms with Crippen molar-refractivity contribution in [2.45, 2.75) is 19.6 Å². The van der Waals surface area contributed by atoms with Crippen LogP contribution in [0.1, 0.15) is 17.8 Å². The number of fused-ring (bicyclic) bond motifs is 1. The van der Waals surface area contributed by atoms with E-state index in [9.17, 15) is 4.79 Å². The van der Waals surface area contributed by atoms with E-state index in [2.05, 4.69) is 4.57 Å². The molecule has 0 N–H and O–H groups in total. The molecule has 5 rings (SSSR count). The highest BCUT2D eigenvalue weighted by atomic mass is 35.5. The molecule has 0 unspecified atom stereocenters. The number of anilines is 1. The van der Waals surface area contributed by atoms with Crippen molar-refractivity contribution in [2.24, 2.45) is 0 Å². The van der Waals surface area contributed by atoms with Crippen molar-refractivity contribution in [3.05, 3.63) is 89.0 Å². The molecular formula is C29H30ClFN4O3. The highest BCUT2D eigenvalue weighted by Crippen LogP contribution is 2.29. The number of methoxy groups -OCH3 is 1. The predicted molar refractivity (Wildman–Crippen MR) is 146 cm³/mol. The van der Waals surface area contributed by atoms with Crippen molar-refractivity contribution < 1.29 is 18.7 Å². The Kier molecular flexibility index (Phi) is 8.10. The zero-order valence-electron chi connectivity index (χ0n) is 21.3. The molecule has 1 aromatic heterocycles. The van der Waals surface area contributed by atoms with Crippen LogP contribution in [0.3, 0.4) is 0 Å². The van der Waals surface area contributed by atoms with Gasteiger partial charge >= 0.3 is 0 Å². The Balaban J connectivity index is 1.43. The van der Waals surface area contributed by atoms with E-state index < -0.39 is 0 Å². The predicted octanol–water partition coefficient (Wildman–Crippen LogP) is 5.14. The zero-order chi connectivity index (χ0) is 26.5. The van der Waals surface area contributed by atoms with Crippen molar-refractivity contribution in [3.63, 3.8) is 0 Å². The summed E-state index contributed by atoms with van der Waals surface area (Å²) < 4.78 is 28.4. The van der Waals surface area contributed by atoms with Crippen LogP contribution in [0.25, 0.3) is 11.0 Å². The molecule has 9 heteroatoms. The Bertz CT molecular complexity index is 1390. The molecule has 0 atom stereocenters. The van der Waals surface area contributed by atoms with E-state index >= 15 is 4.39 Å². The Hall–Kier alpha value is -3.62. The van der Waals surface area contributed by atoms with Crippen LogP contribution < -0.4 is 9.64 Å². The van der Waals surface area contributed by atoms with Crippen molar-refractivity contribution in [1.29, 1.82) is 0 Å². The molecule has 1 fully saturated rings. The largest absolute Gasteiger partial charge is 0.486 e. The standard InChI is InChI=1S/C29H30ClFN4O3/c1-37-16-11-29(36)34-14-12-33(13-15-34)26-18-27-25(17-24(26)31)32-28(20-38-23-5-3-2-4-6-23)35(27)19-21-7-9-22(30)10-8-21/h2-10,17-18H,11-16,19-20H2,1H3. The highest BCUT2D eigenvalue weighted by molar-refractivity contribution is 6.30. The van der Waals surface area contributed by atoms with Crippen molar-refractivity contribution in [1.82, 2.24) is 14.5 Å². The molecule has 0 spiro atoms. The van der Waals surface area contributed by atoms with Crippen molar-refractivity contribution in [2.75, 3.05) is 44.8 Å². The van der Waals surface area contributed by atoms with Crippen LogP contribution in [0.15, 0.2) is 66.7 Å². The molecule has 4 aromatic rings. The van der Waals surface area contributed by atoms with Gasteiger partial charge in [-0.1, -0.05) is 41.9 Å². The third kappa shape index (κ3) is 5.92. The number of halogens is 2. The maximum Gasteiger partial charge on any atom is 0.225 e. The fourth-order valence-electron chi connectivity index (χ4n) is 4.69. The van der Waals surface area contributed by atoms with E-state index in [1.165, 1.54) is 6.07 Å². The summed E-state index contributed by atoms with van der Waals surface area (Å²) in [5.74, 6) is 1.17. The summed E-state index contributed by atoms with van der Waals surface area (Å²) in [4.78, 5) is 20.9. The van der Waals surface area contributed by atoms with Gasteiger partial charge in [0.2, 0.25) is 5.91 Å². The number of rotatable bonds is 9. The number of hydrogen-bond donors (Lipinski definition) is 0. The first kappa shape index (κ1) is 26.0. The lowest BCUT2D eigenvalue weighted by Crippen LogP contribution is -2.49. The van der Waals surface area contributed by atoms with Crippen molar-refractivity contribution in [3.8, 4) is 5.75 Å². The molecule has 1 amide bonds. The summed E-state index contributed by atoms with van der Waals surface area (Å²) in [7, 11) is 1.58. The number of aromatic nitrogens is 2. The van der Waals surface area contributed by atoms with Crippen LogP contribution in [0.2, 0.25) is 5.02 Å². The van der Waals surface area contributed by atoms with E-state index in [-0.39, 0.29) is 18.3 Å². The fraction of sp³-hybridized carbons (Fsp3) is 0.310. The number of benzene rings is 3. The summed E-state index contributed by atoms with van der Waals surface area (Å²) in [5.41, 5.74) is 2.94. The maximum atomic E-state index is 15.4. The van der Waals surface area contributed by atoms with Gasteiger partial charge in [-0.2, -0.15) is 0 Å². The van der Waals surface area contributed by atoms with Gasteiger partial charge in [0.1, 0.15) is 24.0 Å². The number of ether oxygens (including phenoxy) is 2. The van der Waals surface area contributed by atoms with Gasteiger partial charge in [0.15, 0.2) is 0 Å². The van der Waals surface area contributed by atoms with Gasteiger partial charge in [-0.25, -0.2) is 9.37 Å². The van der Waals surface area contributed by atoms with E-state index in [1.807, 2.05) is 70.5 Å². The average molecular weight is 537 g/mol. The van der Waals surface area contributed by atoms with Crippen LogP contribution >= 0.6 is 11.6 Å². The second-order valence-electron chi connectivity index (χ2n) is 9.25. The third-order valence-corrected chi connectivity index (χ3v) is 7.01. The monoisotopic (exact) mass is 536 g/mol. The molecule has 198 valence electrons. The van der Waals surface area contributed by atoms with Crippen LogP contribution in [0, 0.1) is 5.82 Å². The fourth-order valence-corrected chi connectivity index (χ4v) is 4.82. The third-order valence-electron chi connectivity index (χ3n) is 6.75. The number of nitrogens with zero attached hydrogens (tertiary/aromatic N) is 4. The number of carbonyl (C=O) groups excluding carboxylic acids is 1. The normalized spacial score (nSPS) is 13.8. The van der Waals surface area contributed by atoms with Crippen molar-refractivity contribution >= 4 is 34.2 Å². The quantitative estimate of drug-likeness (QED) is 0.296. The number of piperazine rings is 1. The minimum absolute atomic E-state index is 0.0616. The molecule has 0 radical (unpaired) electrons. The van der Waals surface area contributed by atoms with Gasteiger partial charge in [-0.15, -0.1) is 0 Å². The van der Waals surface area contributed by atoms with Crippen LogP contribution in [0.4, 0.5) is 10.1 Å². The SMILES string of the molecule is COCCC(=O)N1CCN(c2cc3c(cc2F)nc(COc2ccccc2)n3Cc2ccc(Cl)cc2)CC1. The van der Waals surface area contributed by atoms with Gasteiger partial charge in [-0.05, 0) is 35.9 Å². The second kappa shape index (κ2) is 11.8. The minimum Gasteiger partial charge on any atom is -0.486 e. The summed E-state index contributed by atoms with van der Waals surface area (Å²) in [6.45, 7) is 3.37. The topological polar surface area (TPSA) is 59.8 Å². The Labute approximate surface area is 226 Å². The van der Waals surface area contributed by atoms with E-state index in [0.29, 0.717) is 67.8 Å². The first-order valence-corrected chi connectivity index (χ1v) is 13.0. The summed E-state index contributed by atoms with van der Waals surface area (Å²) >= 11 is 6.10. The number of para-hydroxylation sites is 1. The summed E-state index contributed by atoms with van der Waals surface area (Å²) in [5, 5.41) is 0.668. The first-order valence-electron chi connectivity index (χ1n) is 12.6. The summed E-state index contributed by atoms with van der Waals surface area (Å²) in [6.07, 6.45) is 0.356. The van der Waals surface area contributed by atoms with Gasteiger partial charge < -0.3 is 23.8 Å². The lowest BCUT2D eigenvalue weighted by atomic mass is 10.2. The van der Waals surface area contributed by atoms with E-state index in [4.69, 9.17) is 26.1 Å². The number of imidazole rings is 1. The maximum absolute atomic E-state index is 15.4. The Morgan fingerprint density at radius 2 is 1.76 bits per heavy atom. The minimum atomic E-state index is -0.330. The van der Waals surface area contributed by atoms with Gasteiger partial charge in [0, 0.05) is 50.9 Å². The number of amides is 1. The molecule has 1 aliphatic heterocycles. The second-order valence-corrected chi connectivity index (χ2v) is 9.68. The molecule has 3 aromatic carbocycles. The Morgan fingerprint density at radius 1 is 1.03 bits per heavy atom. The summed E-state index contributed by atoms with van der Waals surface area (Å²) in [6, 6.07) is 20.6. The highest BCUT2D eigenvalue weighted by Gasteiger charge is 2.24. The van der Waals surface area contributed by atoms with Gasteiger partial charge in [0.25, 0.3) is 0 Å². The zero-order valence-corrected chi connectivity index (χ0v) is 22.0. The molecule has 1 aliphatic rings. The molecule has 0 aliphatic carbocycles. The molecule has 7 nitrogen and oxygen atoms in total. The Morgan fingerprint density at radius 3 is 2.47 bits per heavy atom. The van der Waals surface area contributed by atoms with Gasteiger partial charge in [-0.3, -0.25) is 4.79 Å². The lowest BCUT2D eigenvalue weighted by molar-refractivity contribution is -0.132. The number of hydrogen-bond acceptors (Lipinski definition) is 5. The first-order chi connectivity index (χ1) is 18.5. The number of carbonyl (C=O) groups is 1. The molecule has 0 bridgehead atoms. The van der Waals surface area contributed by atoms with Crippen LogP contribution in [-0.2, 0) is 22.7 Å².